The molecule has 3 heterocycles. The molecule has 146 valence electrons. The molecule has 0 saturated carbocycles. The number of hydrogen-bond acceptors (Lipinski definition) is 3. The maximum absolute atomic E-state index is 13.6. The Morgan fingerprint density at radius 2 is 1.69 bits per heavy atom. The van der Waals surface area contributed by atoms with E-state index in [1.807, 2.05) is 68.6 Å². The zero-order chi connectivity index (χ0) is 20.4. The van der Waals surface area contributed by atoms with Gasteiger partial charge in [0, 0.05) is 12.5 Å². The largest absolute Gasteiger partial charge is 0.293 e. The van der Waals surface area contributed by atoms with Crippen molar-refractivity contribution in [3.05, 3.63) is 70.9 Å². The highest BCUT2D eigenvalue weighted by Gasteiger charge is 2.67. The van der Waals surface area contributed by atoms with Gasteiger partial charge in [-0.3, -0.25) is 19.3 Å². The van der Waals surface area contributed by atoms with Gasteiger partial charge in [0.15, 0.2) is 11.8 Å². The van der Waals surface area contributed by atoms with Crippen molar-refractivity contribution < 1.29 is 19.3 Å². The molecule has 5 atom stereocenters. The summed E-state index contributed by atoms with van der Waals surface area (Å²) in [6, 6.07) is 12.8. The van der Waals surface area contributed by atoms with Crippen LogP contribution in [0.5, 0.6) is 0 Å². The van der Waals surface area contributed by atoms with Crippen LogP contribution in [0.3, 0.4) is 0 Å². The number of aryl methyl sites for hydroxylation is 2. The summed E-state index contributed by atoms with van der Waals surface area (Å²) in [6.07, 6.45) is 3.95. The average Bonchev–Trinajstić information content (AvgIpc) is 3.17. The van der Waals surface area contributed by atoms with Crippen molar-refractivity contribution in [2.24, 2.45) is 11.8 Å². The van der Waals surface area contributed by atoms with Gasteiger partial charge in [0.2, 0.25) is 11.8 Å². The first kappa shape index (κ1) is 18.0. The van der Waals surface area contributed by atoms with Gasteiger partial charge in [-0.25, -0.2) is 4.90 Å². The summed E-state index contributed by atoms with van der Waals surface area (Å²) in [4.78, 5) is 41.9. The van der Waals surface area contributed by atoms with Crippen molar-refractivity contribution in [1.29, 1.82) is 0 Å². The number of carbonyl (C=O) groups excluding carboxylic acids is 3. The highest BCUT2D eigenvalue weighted by Crippen LogP contribution is 2.44. The summed E-state index contributed by atoms with van der Waals surface area (Å²) in [6.45, 7) is 5.50. The Morgan fingerprint density at radius 3 is 2.41 bits per heavy atom. The summed E-state index contributed by atoms with van der Waals surface area (Å²) >= 11 is 0. The van der Waals surface area contributed by atoms with Crippen LogP contribution in [0.25, 0.3) is 6.08 Å². The molecule has 0 spiro atoms. The molecule has 2 aromatic carbocycles. The summed E-state index contributed by atoms with van der Waals surface area (Å²) in [7, 11) is 0. The first-order chi connectivity index (χ1) is 13.9. The third-order valence-corrected chi connectivity index (χ3v) is 6.81. The van der Waals surface area contributed by atoms with E-state index in [1.54, 1.807) is 0 Å². The molecule has 0 bridgehead atoms. The van der Waals surface area contributed by atoms with E-state index in [0.717, 1.165) is 27.2 Å². The second-order valence-corrected chi connectivity index (χ2v) is 8.36. The molecule has 5 rings (SSSR count). The number of amides is 2. The third-order valence-electron chi connectivity index (χ3n) is 6.81. The lowest BCUT2D eigenvalue weighted by Crippen LogP contribution is -3.12. The number of rotatable bonds is 2. The summed E-state index contributed by atoms with van der Waals surface area (Å²) in [5, 5.41) is 0. The molecule has 29 heavy (non-hydrogen) atoms. The molecule has 2 amide bonds. The number of ketones is 1. The minimum atomic E-state index is -0.627. The third kappa shape index (κ3) is 2.40. The van der Waals surface area contributed by atoms with Crippen molar-refractivity contribution in [3.8, 4) is 0 Å². The van der Waals surface area contributed by atoms with Crippen molar-refractivity contribution in [2.75, 3.05) is 4.90 Å². The number of carbonyl (C=O) groups is 3. The van der Waals surface area contributed by atoms with Gasteiger partial charge in [0.05, 0.1) is 11.9 Å². The monoisotopic (exact) mass is 387 g/mol. The first-order valence-electron chi connectivity index (χ1n) is 9.99. The average molecular weight is 387 g/mol. The van der Waals surface area contributed by atoms with E-state index in [0.29, 0.717) is 5.69 Å². The molecule has 5 nitrogen and oxygen atoms in total. The quantitative estimate of drug-likeness (QED) is 0.802. The zero-order valence-electron chi connectivity index (χ0n) is 16.7. The number of Topliss-reactive ketones (excluding diaryl/α,β-unsaturated/α-hetero) is 1. The van der Waals surface area contributed by atoms with E-state index in [4.69, 9.17) is 0 Å². The second kappa shape index (κ2) is 6.22. The fourth-order valence-corrected chi connectivity index (χ4v) is 5.34. The number of quaternary nitrogens is 1. The van der Waals surface area contributed by atoms with Crippen LogP contribution in [0, 0.1) is 25.7 Å². The minimum absolute atomic E-state index is 0.0513. The predicted molar refractivity (Wildman–Crippen MR) is 109 cm³/mol. The number of benzene rings is 2. The molecule has 1 N–H and O–H groups in total. The Balaban J connectivity index is 1.65. The first-order valence-corrected chi connectivity index (χ1v) is 9.99. The molecule has 0 aliphatic carbocycles. The normalized spacial score (nSPS) is 29.6. The van der Waals surface area contributed by atoms with E-state index < -0.39 is 17.9 Å². The van der Waals surface area contributed by atoms with Gasteiger partial charge in [0.25, 0.3) is 0 Å². The molecule has 0 radical (unpaired) electrons. The molecule has 3 aliphatic heterocycles. The standard InChI is InChI=1S/C24H22N2O3/c1-13-8-9-17(12-14(13)2)26-23(28)19-20(24(26)29)22-18-7-5-4-6-16(18)10-11-25(22)21(19)15(3)27/h4-12,19-22H,1-3H3/p+1/t19-,20+,21-,22+/m1/s1. The molecule has 1 unspecified atom stereocenters. The Kier molecular flexibility index (Phi) is 3.87. The molecule has 3 aliphatic rings. The fraction of sp³-hybridized carbons (Fsp3) is 0.292. The second-order valence-electron chi connectivity index (χ2n) is 8.36. The van der Waals surface area contributed by atoms with E-state index in [1.165, 1.54) is 11.8 Å². The molecular weight excluding hydrogens is 364 g/mol. The van der Waals surface area contributed by atoms with E-state index in [-0.39, 0.29) is 23.6 Å². The van der Waals surface area contributed by atoms with Crippen LogP contribution in [-0.2, 0) is 14.4 Å². The van der Waals surface area contributed by atoms with Crippen LogP contribution < -0.4 is 9.80 Å². The van der Waals surface area contributed by atoms with Crippen molar-refractivity contribution in [2.45, 2.75) is 32.9 Å². The maximum Gasteiger partial charge on any atom is 0.244 e. The summed E-state index contributed by atoms with van der Waals surface area (Å²) in [5.41, 5.74) is 4.82. The lowest BCUT2D eigenvalue weighted by molar-refractivity contribution is -0.884. The molecule has 2 fully saturated rings. The van der Waals surface area contributed by atoms with E-state index >= 15 is 0 Å². The zero-order valence-corrected chi connectivity index (χ0v) is 16.7. The van der Waals surface area contributed by atoms with E-state index in [2.05, 4.69) is 0 Å². The van der Waals surface area contributed by atoms with Crippen molar-refractivity contribution in [1.82, 2.24) is 0 Å². The molecular formula is C24H23N2O3+. The van der Waals surface area contributed by atoms with Crippen LogP contribution in [0.4, 0.5) is 5.69 Å². The summed E-state index contributed by atoms with van der Waals surface area (Å²) < 4.78 is 0. The number of fused-ring (bicyclic) bond motifs is 5. The lowest BCUT2D eigenvalue weighted by Gasteiger charge is -2.30. The maximum atomic E-state index is 13.6. The van der Waals surface area contributed by atoms with Crippen LogP contribution >= 0.6 is 0 Å². The minimum Gasteiger partial charge on any atom is -0.293 e. The Bertz CT molecular complexity index is 1100. The Morgan fingerprint density at radius 1 is 0.966 bits per heavy atom. The van der Waals surface area contributed by atoms with Crippen molar-refractivity contribution in [3.63, 3.8) is 0 Å². The number of nitrogens with zero attached hydrogens (tertiary/aromatic N) is 1. The fourth-order valence-electron chi connectivity index (χ4n) is 5.34. The van der Waals surface area contributed by atoms with Gasteiger partial charge >= 0.3 is 0 Å². The number of imide groups is 1. The SMILES string of the molecule is CC(=O)[C@@H]1[C@@H]2C(=O)N(c3ccc(C)c(C)c3)C(=O)[C@@H]2[C@@H]2c3ccccc3C=C[NH+]12. The van der Waals surface area contributed by atoms with Gasteiger partial charge in [-0.1, -0.05) is 30.3 Å². The molecule has 0 aromatic heterocycles. The van der Waals surface area contributed by atoms with Crippen LogP contribution in [-0.4, -0.2) is 23.6 Å². The topological polar surface area (TPSA) is 58.9 Å². The van der Waals surface area contributed by atoms with Crippen LogP contribution in [0.1, 0.15) is 35.2 Å². The Labute approximate surface area is 169 Å². The number of hydrogen-bond donors (Lipinski definition) is 1. The van der Waals surface area contributed by atoms with Crippen molar-refractivity contribution >= 4 is 29.4 Å². The molecule has 5 heteroatoms. The van der Waals surface area contributed by atoms with Gasteiger partial charge in [0.1, 0.15) is 17.9 Å². The number of nitrogens with one attached hydrogen (secondary N) is 1. The van der Waals surface area contributed by atoms with Gasteiger partial charge in [-0.15, -0.1) is 0 Å². The highest BCUT2D eigenvalue weighted by molar-refractivity contribution is 6.23. The summed E-state index contributed by atoms with van der Waals surface area (Å²) in [5.74, 6) is -1.66. The Hall–Kier alpha value is -3.05. The number of anilines is 1. The highest BCUT2D eigenvalue weighted by atomic mass is 16.2. The van der Waals surface area contributed by atoms with Gasteiger partial charge < -0.3 is 0 Å². The lowest BCUT2D eigenvalue weighted by atomic mass is 9.84. The molecule has 2 aromatic rings. The predicted octanol–water partition coefficient (Wildman–Crippen LogP) is 1.99. The van der Waals surface area contributed by atoms with Gasteiger partial charge in [-0.05, 0) is 48.7 Å². The molecule has 2 saturated heterocycles. The smallest absolute Gasteiger partial charge is 0.244 e. The van der Waals surface area contributed by atoms with Crippen LogP contribution in [0.2, 0.25) is 0 Å². The van der Waals surface area contributed by atoms with Gasteiger partial charge in [-0.2, -0.15) is 0 Å². The van der Waals surface area contributed by atoms with Crippen LogP contribution in [0.15, 0.2) is 48.7 Å². The van der Waals surface area contributed by atoms with E-state index in [9.17, 15) is 14.4 Å².